The van der Waals surface area contributed by atoms with Crippen LogP contribution >= 0.6 is 11.8 Å². The highest BCUT2D eigenvalue weighted by Gasteiger charge is 2.49. The average molecular weight is 324 g/mol. The Kier molecular flexibility index (Phi) is 4.75. The van der Waals surface area contributed by atoms with Crippen molar-refractivity contribution in [2.75, 3.05) is 12.3 Å². The highest BCUT2D eigenvalue weighted by atomic mass is 32.2. The molecule has 2 fully saturated rings. The largest absolute Gasteiger partial charge is 0.441 e. The zero-order valence-corrected chi connectivity index (χ0v) is 12.6. The number of hydrogen-bond acceptors (Lipinski definition) is 3. The van der Waals surface area contributed by atoms with Gasteiger partial charge in [-0.05, 0) is 31.5 Å². The van der Waals surface area contributed by atoms with Gasteiger partial charge in [0.25, 0.3) is 0 Å². The number of piperazine rings is 1. The normalized spacial score (nSPS) is 26.1. The lowest BCUT2D eigenvalue weighted by Gasteiger charge is -2.46. The molecule has 2 aliphatic rings. The van der Waals surface area contributed by atoms with Crippen molar-refractivity contribution in [3.63, 3.8) is 0 Å². The standard InChI is InChI=1S/C13H19F3N2O2S/c1-9-10(19)17-12(5-3-2-4-6-12)11(20)18(9)7-8-21-13(14,15)16/h9H,2-8H2,1H3,(H,17,19). The van der Waals surface area contributed by atoms with Crippen LogP contribution in [0.25, 0.3) is 0 Å². The van der Waals surface area contributed by atoms with Gasteiger partial charge in [0.1, 0.15) is 11.6 Å². The second-order valence-corrected chi connectivity index (χ2v) is 6.76. The van der Waals surface area contributed by atoms with E-state index in [2.05, 4.69) is 5.32 Å². The maximum Gasteiger partial charge on any atom is 0.441 e. The molecule has 8 heteroatoms. The first-order valence-corrected chi connectivity index (χ1v) is 8.07. The smallest absolute Gasteiger partial charge is 0.340 e. The van der Waals surface area contributed by atoms with Gasteiger partial charge in [0, 0.05) is 12.3 Å². The van der Waals surface area contributed by atoms with Crippen molar-refractivity contribution in [2.45, 2.75) is 56.1 Å². The fraction of sp³-hybridized carbons (Fsp3) is 0.846. The molecule has 0 radical (unpaired) electrons. The molecule has 1 N–H and O–H groups in total. The number of thioether (sulfide) groups is 1. The van der Waals surface area contributed by atoms with Gasteiger partial charge in [0.15, 0.2) is 0 Å². The third-order valence-corrected chi connectivity index (χ3v) is 4.90. The van der Waals surface area contributed by atoms with Gasteiger partial charge in [-0.15, -0.1) is 0 Å². The van der Waals surface area contributed by atoms with Crippen LogP contribution in [-0.4, -0.2) is 46.1 Å². The van der Waals surface area contributed by atoms with Gasteiger partial charge in [0.2, 0.25) is 11.8 Å². The van der Waals surface area contributed by atoms with E-state index in [4.69, 9.17) is 0 Å². The molecule has 4 nitrogen and oxygen atoms in total. The summed E-state index contributed by atoms with van der Waals surface area (Å²) in [7, 11) is 0. The third kappa shape index (κ3) is 3.64. The van der Waals surface area contributed by atoms with E-state index < -0.39 is 17.1 Å². The monoisotopic (exact) mass is 324 g/mol. The third-order valence-electron chi connectivity index (χ3n) is 4.18. The molecule has 1 aliphatic carbocycles. The second-order valence-electron chi connectivity index (χ2n) is 5.60. The van der Waals surface area contributed by atoms with Crippen molar-refractivity contribution < 1.29 is 22.8 Å². The van der Waals surface area contributed by atoms with Crippen molar-refractivity contribution >= 4 is 23.6 Å². The summed E-state index contributed by atoms with van der Waals surface area (Å²) in [5, 5.41) is 2.81. The quantitative estimate of drug-likeness (QED) is 0.866. The molecule has 1 spiro atoms. The Bertz CT molecular complexity index is 422. The van der Waals surface area contributed by atoms with Gasteiger partial charge in [-0.1, -0.05) is 19.3 Å². The van der Waals surface area contributed by atoms with E-state index in [1.54, 1.807) is 6.92 Å². The molecule has 1 unspecified atom stereocenters. The number of nitrogens with one attached hydrogen (secondary N) is 1. The summed E-state index contributed by atoms with van der Waals surface area (Å²) in [5.41, 5.74) is -5.20. The highest BCUT2D eigenvalue weighted by Crippen LogP contribution is 2.34. The van der Waals surface area contributed by atoms with Crippen LogP contribution in [0.3, 0.4) is 0 Å². The minimum absolute atomic E-state index is 0.0562. The lowest BCUT2D eigenvalue weighted by molar-refractivity contribution is -0.155. The second kappa shape index (κ2) is 6.06. The summed E-state index contributed by atoms with van der Waals surface area (Å²) >= 11 is -0.158. The van der Waals surface area contributed by atoms with Crippen molar-refractivity contribution in [3.8, 4) is 0 Å². The van der Waals surface area contributed by atoms with Crippen LogP contribution in [0.15, 0.2) is 0 Å². The van der Waals surface area contributed by atoms with Gasteiger partial charge in [-0.3, -0.25) is 9.59 Å². The van der Waals surface area contributed by atoms with Gasteiger partial charge in [-0.2, -0.15) is 13.2 Å². The summed E-state index contributed by atoms with van der Waals surface area (Å²) in [6.07, 6.45) is 3.88. The van der Waals surface area contributed by atoms with Crippen LogP contribution in [0.5, 0.6) is 0 Å². The number of amides is 2. The first-order chi connectivity index (χ1) is 9.75. The molecule has 0 aromatic heterocycles. The van der Waals surface area contributed by atoms with Crippen LogP contribution in [-0.2, 0) is 9.59 Å². The number of nitrogens with zero attached hydrogens (tertiary/aromatic N) is 1. The zero-order chi connectivity index (χ0) is 15.7. The molecule has 1 heterocycles. The van der Waals surface area contributed by atoms with Crippen LogP contribution in [0, 0.1) is 0 Å². The molecule has 2 rings (SSSR count). The Hall–Kier alpha value is -0.920. The molecule has 1 saturated carbocycles. The minimum Gasteiger partial charge on any atom is -0.340 e. The fourth-order valence-electron chi connectivity index (χ4n) is 3.04. The van der Waals surface area contributed by atoms with E-state index >= 15 is 0 Å². The Morgan fingerprint density at radius 1 is 1.29 bits per heavy atom. The van der Waals surface area contributed by atoms with Crippen molar-refractivity contribution in [3.05, 3.63) is 0 Å². The predicted octanol–water partition coefficient (Wildman–Crippen LogP) is 2.29. The lowest BCUT2D eigenvalue weighted by atomic mass is 9.78. The van der Waals surface area contributed by atoms with Crippen LogP contribution in [0.4, 0.5) is 13.2 Å². The van der Waals surface area contributed by atoms with E-state index in [9.17, 15) is 22.8 Å². The SMILES string of the molecule is CC1C(=O)NC2(CCCCC2)C(=O)N1CCSC(F)(F)F. The summed E-state index contributed by atoms with van der Waals surface area (Å²) in [5.74, 6) is -0.742. The molecule has 120 valence electrons. The highest BCUT2D eigenvalue weighted by molar-refractivity contribution is 8.00. The van der Waals surface area contributed by atoms with Gasteiger partial charge in [0.05, 0.1) is 0 Å². The summed E-state index contributed by atoms with van der Waals surface area (Å²) in [6.45, 7) is 1.50. The molecule has 1 saturated heterocycles. The van der Waals surface area contributed by atoms with E-state index in [0.29, 0.717) is 12.8 Å². The number of alkyl halides is 3. The van der Waals surface area contributed by atoms with E-state index in [0.717, 1.165) is 19.3 Å². The number of rotatable bonds is 3. The lowest BCUT2D eigenvalue weighted by Crippen LogP contribution is -2.70. The van der Waals surface area contributed by atoms with Crippen molar-refractivity contribution in [1.29, 1.82) is 0 Å². The zero-order valence-electron chi connectivity index (χ0n) is 11.8. The number of carbonyl (C=O) groups is 2. The van der Waals surface area contributed by atoms with Gasteiger partial charge in [-0.25, -0.2) is 0 Å². The van der Waals surface area contributed by atoms with Crippen molar-refractivity contribution in [1.82, 2.24) is 10.2 Å². The van der Waals surface area contributed by atoms with Crippen LogP contribution in [0.2, 0.25) is 0 Å². The Morgan fingerprint density at radius 2 is 1.90 bits per heavy atom. The summed E-state index contributed by atoms with van der Waals surface area (Å²) in [4.78, 5) is 26.0. The molecule has 0 aromatic carbocycles. The first-order valence-electron chi connectivity index (χ1n) is 7.09. The number of halogens is 3. The average Bonchev–Trinajstić information content (AvgIpc) is 2.40. The molecular weight excluding hydrogens is 305 g/mol. The fourth-order valence-corrected chi connectivity index (χ4v) is 3.55. The molecule has 0 bridgehead atoms. The number of hydrogen-bond donors (Lipinski definition) is 1. The van der Waals surface area contributed by atoms with E-state index in [-0.39, 0.29) is 35.9 Å². The van der Waals surface area contributed by atoms with Gasteiger partial charge < -0.3 is 10.2 Å². The van der Waals surface area contributed by atoms with E-state index in [1.807, 2.05) is 0 Å². The summed E-state index contributed by atoms with van der Waals surface area (Å²) in [6, 6.07) is -0.709. The predicted molar refractivity (Wildman–Crippen MR) is 73.6 cm³/mol. The van der Waals surface area contributed by atoms with Crippen molar-refractivity contribution in [2.24, 2.45) is 0 Å². The maximum atomic E-state index is 12.6. The van der Waals surface area contributed by atoms with Gasteiger partial charge >= 0.3 is 5.51 Å². The van der Waals surface area contributed by atoms with Crippen LogP contribution < -0.4 is 5.32 Å². The van der Waals surface area contributed by atoms with Crippen LogP contribution in [0.1, 0.15) is 39.0 Å². The molecule has 21 heavy (non-hydrogen) atoms. The van der Waals surface area contributed by atoms with E-state index in [1.165, 1.54) is 4.90 Å². The Balaban J connectivity index is 2.06. The number of carbonyl (C=O) groups excluding carboxylic acids is 2. The summed E-state index contributed by atoms with van der Waals surface area (Å²) < 4.78 is 36.6. The Morgan fingerprint density at radius 3 is 2.48 bits per heavy atom. The molecule has 1 atom stereocenters. The molecule has 2 amide bonds. The molecule has 1 aliphatic heterocycles. The first kappa shape index (κ1) is 16.5. The minimum atomic E-state index is -4.31. The molecular formula is C13H19F3N2O2S. The molecule has 0 aromatic rings. The Labute approximate surface area is 125 Å². The maximum absolute atomic E-state index is 12.6. The topological polar surface area (TPSA) is 49.4 Å².